The van der Waals surface area contributed by atoms with Gasteiger partial charge < -0.3 is 10.6 Å². The van der Waals surface area contributed by atoms with Crippen molar-refractivity contribution in [3.63, 3.8) is 0 Å². The maximum atomic E-state index is 12.8. The van der Waals surface area contributed by atoms with E-state index in [0.29, 0.717) is 18.5 Å². The van der Waals surface area contributed by atoms with Crippen molar-refractivity contribution in [2.75, 3.05) is 13.6 Å². The largest absolute Gasteiger partial charge is 0.416 e. The summed E-state index contributed by atoms with van der Waals surface area (Å²) < 4.78 is 38.4. The van der Waals surface area contributed by atoms with E-state index in [2.05, 4.69) is 10.6 Å². The number of benzene rings is 1. The zero-order chi connectivity index (χ0) is 16.8. The average molecular weight is 316 g/mol. The average Bonchev–Trinajstić information content (AvgIpc) is 2.46. The lowest BCUT2D eigenvalue weighted by Gasteiger charge is -2.22. The van der Waals surface area contributed by atoms with Crippen molar-refractivity contribution in [1.82, 2.24) is 10.6 Å². The molecule has 0 aliphatic rings. The highest BCUT2D eigenvalue weighted by atomic mass is 19.4. The first-order valence-corrected chi connectivity index (χ1v) is 7.41. The summed E-state index contributed by atoms with van der Waals surface area (Å²) in [7, 11) is 1.75. The smallest absolute Gasteiger partial charge is 0.349 e. The van der Waals surface area contributed by atoms with Crippen LogP contribution in [-0.2, 0) is 11.0 Å². The molecule has 0 aliphatic carbocycles. The molecule has 2 N–H and O–H groups in total. The molecule has 0 bridgehead atoms. The molecule has 1 aromatic rings. The Bertz CT molecular complexity index is 489. The molecule has 22 heavy (non-hydrogen) atoms. The third kappa shape index (κ3) is 5.33. The first-order valence-electron chi connectivity index (χ1n) is 7.41. The second-order valence-electron chi connectivity index (χ2n) is 5.43. The van der Waals surface area contributed by atoms with E-state index in [-0.39, 0.29) is 11.8 Å². The van der Waals surface area contributed by atoms with E-state index >= 15 is 0 Å². The lowest BCUT2D eigenvalue weighted by atomic mass is 9.99. The molecule has 0 aromatic heterocycles. The van der Waals surface area contributed by atoms with Crippen LogP contribution >= 0.6 is 0 Å². The maximum absolute atomic E-state index is 12.8. The number of alkyl halides is 3. The predicted molar refractivity (Wildman–Crippen MR) is 80.3 cm³/mol. The molecule has 0 saturated carbocycles. The van der Waals surface area contributed by atoms with Crippen LogP contribution in [0.2, 0.25) is 0 Å². The number of nitrogens with one attached hydrogen (secondary N) is 2. The van der Waals surface area contributed by atoms with Gasteiger partial charge in [0, 0.05) is 12.5 Å². The minimum atomic E-state index is -4.38. The molecule has 1 rings (SSSR count). The summed E-state index contributed by atoms with van der Waals surface area (Å²) in [6, 6.07) is 4.75. The fraction of sp³-hybridized carbons (Fsp3) is 0.562. The van der Waals surface area contributed by atoms with Gasteiger partial charge in [-0.3, -0.25) is 4.79 Å². The van der Waals surface area contributed by atoms with Gasteiger partial charge in [0.2, 0.25) is 5.91 Å². The van der Waals surface area contributed by atoms with Gasteiger partial charge in [-0.1, -0.05) is 32.4 Å². The summed E-state index contributed by atoms with van der Waals surface area (Å²) in [5.74, 6) is -0.402. The van der Waals surface area contributed by atoms with Crippen LogP contribution in [0.25, 0.3) is 0 Å². The molecule has 0 spiro atoms. The van der Waals surface area contributed by atoms with E-state index in [1.165, 1.54) is 6.07 Å². The zero-order valence-corrected chi connectivity index (χ0v) is 13.1. The topological polar surface area (TPSA) is 41.1 Å². The van der Waals surface area contributed by atoms with Crippen LogP contribution in [0.5, 0.6) is 0 Å². The van der Waals surface area contributed by atoms with Gasteiger partial charge in [-0.15, -0.1) is 0 Å². The Morgan fingerprint density at radius 2 is 2.00 bits per heavy atom. The first kappa shape index (κ1) is 18.5. The molecule has 1 aromatic carbocycles. The van der Waals surface area contributed by atoms with Crippen LogP contribution < -0.4 is 10.6 Å². The highest BCUT2D eigenvalue weighted by molar-refractivity contribution is 5.79. The molecule has 1 amide bonds. The van der Waals surface area contributed by atoms with Gasteiger partial charge in [0.05, 0.1) is 11.6 Å². The maximum Gasteiger partial charge on any atom is 0.416 e. The van der Waals surface area contributed by atoms with Crippen molar-refractivity contribution < 1.29 is 18.0 Å². The number of amides is 1. The van der Waals surface area contributed by atoms with Gasteiger partial charge in [-0.2, -0.15) is 13.2 Å². The van der Waals surface area contributed by atoms with Crippen LogP contribution in [0.3, 0.4) is 0 Å². The summed E-state index contributed by atoms with van der Waals surface area (Å²) in [6.45, 7) is 4.23. The Hall–Kier alpha value is -1.56. The summed E-state index contributed by atoms with van der Waals surface area (Å²) >= 11 is 0. The van der Waals surface area contributed by atoms with Crippen LogP contribution in [0.4, 0.5) is 13.2 Å². The fourth-order valence-corrected chi connectivity index (χ4v) is 2.26. The van der Waals surface area contributed by atoms with Crippen molar-refractivity contribution in [3.8, 4) is 0 Å². The minimum absolute atomic E-state index is 0.162. The standard InChI is InChI=1S/C16H23F3N2O/c1-4-6-14(21-15(22)11(2)10-20-3)12-7-5-8-13(9-12)16(17,18)19/h5,7-9,11,14,20H,4,6,10H2,1-3H3,(H,21,22). The molecule has 3 nitrogen and oxygen atoms in total. The Morgan fingerprint density at radius 1 is 1.32 bits per heavy atom. The molecule has 0 heterocycles. The van der Waals surface area contributed by atoms with Crippen molar-refractivity contribution >= 4 is 5.91 Å². The van der Waals surface area contributed by atoms with Gasteiger partial charge in [-0.25, -0.2) is 0 Å². The molecule has 2 unspecified atom stereocenters. The minimum Gasteiger partial charge on any atom is -0.349 e. The van der Waals surface area contributed by atoms with E-state index in [9.17, 15) is 18.0 Å². The number of halogens is 3. The van der Waals surface area contributed by atoms with Gasteiger partial charge >= 0.3 is 6.18 Å². The Kier molecular flexibility index (Phi) is 6.87. The second-order valence-corrected chi connectivity index (χ2v) is 5.43. The number of hydrogen-bond acceptors (Lipinski definition) is 2. The molecule has 124 valence electrons. The SMILES string of the molecule is CCCC(NC(=O)C(C)CNC)c1cccc(C(F)(F)F)c1. The molecule has 0 aliphatic heterocycles. The molecule has 0 fully saturated rings. The molecule has 2 atom stereocenters. The van der Waals surface area contributed by atoms with Crippen LogP contribution in [0.15, 0.2) is 24.3 Å². The Labute approximate surface area is 129 Å². The number of hydrogen-bond donors (Lipinski definition) is 2. The molecule has 0 saturated heterocycles. The fourth-order valence-electron chi connectivity index (χ4n) is 2.26. The Balaban J connectivity index is 2.93. The van der Waals surface area contributed by atoms with E-state index in [1.807, 2.05) is 6.92 Å². The van der Waals surface area contributed by atoms with Crippen molar-refractivity contribution in [2.45, 2.75) is 38.9 Å². The third-order valence-corrected chi connectivity index (χ3v) is 3.47. The van der Waals surface area contributed by atoms with Gasteiger partial charge in [0.15, 0.2) is 0 Å². The monoisotopic (exact) mass is 316 g/mol. The number of carbonyl (C=O) groups is 1. The van der Waals surface area contributed by atoms with E-state index in [1.54, 1.807) is 20.0 Å². The normalized spacial score (nSPS) is 14.5. The Morgan fingerprint density at radius 3 is 2.55 bits per heavy atom. The lowest BCUT2D eigenvalue weighted by Crippen LogP contribution is -2.36. The lowest BCUT2D eigenvalue weighted by molar-refractivity contribution is -0.137. The van der Waals surface area contributed by atoms with E-state index in [0.717, 1.165) is 18.6 Å². The molecular weight excluding hydrogens is 293 g/mol. The zero-order valence-electron chi connectivity index (χ0n) is 13.1. The summed E-state index contributed by atoms with van der Waals surface area (Å²) in [4.78, 5) is 12.1. The van der Waals surface area contributed by atoms with Gasteiger partial charge in [-0.05, 0) is 31.2 Å². The van der Waals surface area contributed by atoms with Crippen LogP contribution in [-0.4, -0.2) is 19.5 Å². The predicted octanol–water partition coefficient (Wildman–Crippen LogP) is 3.52. The molecule has 0 radical (unpaired) electrons. The highest BCUT2D eigenvalue weighted by Gasteiger charge is 2.31. The number of carbonyl (C=O) groups excluding carboxylic acids is 1. The number of rotatable bonds is 7. The van der Waals surface area contributed by atoms with E-state index in [4.69, 9.17) is 0 Å². The first-order chi connectivity index (χ1) is 10.3. The quantitative estimate of drug-likeness (QED) is 0.808. The van der Waals surface area contributed by atoms with Gasteiger partial charge in [0.1, 0.15) is 0 Å². The van der Waals surface area contributed by atoms with Crippen molar-refractivity contribution in [3.05, 3.63) is 35.4 Å². The second kappa shape index (κ2) is 8.17. The molecule has 6 heteroatoms. The summed E-state index contributed by atoms with van der Waals surface area (Å²) in [5, 5.41) is 5.76. The third-order valence-electron chi connectivity index (χ3n) is 3.47. The van der Waals surface area contributed by atoms with Crippen molar-refractivity contribution in [1.29, 1.82) is 0 Å². The molecular formula is C16H23F3N2O. The van der Waals surface area contributed by atoms with E-state index < -0.39 is 17.8 Å². The van der Waals surface area contributed by atoms with Crippen LogP contribution in [0, 0.1) is 5.92 Å². The highest BCUT2D eigenvalue weighted by Crippen LogP contribution is 2.31. The van der Waals surface area contributed by atoms with Crippen molar-refractivity contribution in [2.24, 2.45) is 5.92 Å². The summed E-state index contributed by atoms with van der Waals surface area (Å²) in [5.41, 5.74) is -0.203. The van der Waals surface area contributed by atoms with Crippen LogP contribution in [0.1, 0.15) is 43.9 Å². The summed E-state index contributed by atoms with van der Waals surface area (Å²) in [6.07, 6.45) is -3.02. The van der Waals surface area contributed by atoms with Gasteiger partial charge in [0.25, 0.3) is 0 Å².